The lowest BCUT2D eigenvalue weighted by molar-refractivity contribution is -0.146. The number of carbonyl (C=O) groups is 2. The summed E-state index contributed by atoms with van der Waals surface area (Å²) in [6.07, 6.45) is 13.1. The smallest absolute Gasteiger partial charge is 0.306 e. The first-order chi connectivity index (χ1) is 17.2. The standard InChI is InChI=1S/C30H42O5/c1-2-3-4-5-6-7-8-9-15-23-33-29(31)21-13-14-22-30(32)34-25-26-17-16-20-28(24-26)35-27-18-11-10-12-19-27/h10-12,16-20,24H,2-9,13-15,21-23,25H2,1H3. The molecule has 2 aromatic carbocycles. The molecule has 0 aliphatic carbocycles. The molecule has 2 aromatic rings. The average molecular weight is 483 g/mol. The molecule has 0 spiro atoms. The molecule has 0 N–H and O–H groups in total. The van der Waals surface area contributed by atoms with Gasteiger partial charge in [0.05, 0.1) is 6.61 Å². The van der Waals surface area contributed by atoms with Crippen LogP contribution in [-0.2, 0) is 25.7 Å². The largest absolute Gasteiger partial charge is 0.466 e. The zero-order valence-electron chi connectivity index (χ0n) is 21.3. The van der Waals surface area contributed by atoms with Gasteiger partial charge in [0.15, 0.2) is 0 Å². The first-order valence-corrected chi connectivity index (χ1v) is 13.3. The maximum atomic E-state index is 12.0. The Morgan fingerprint density at radius 2 is 1.23 bits per heavy atom. The zero-order chi connectivity index (χ0) is 25.0. The normalized spacial score (nSPS) is 10.7. The third-order valence-electron chi connectivity index (χ3n) is 5.80. The molecule has 192 valence electrons. The zero-order valence-corrected chi connectivity index (χ0v) is 21.3. The SMILES string of the molecule is CCCCCCCCCCCOC(=O)CCCCC(=O)OCc1cccc(Oc2ccccc2)c1. The highest BCUT2D eigenvalue weighted by Gasteiger charge is 2.07. The van der Waals surface area contributed by atoms with E-state index in [-0.39, 0.29) is 18.5 Å². The molecule has 5 heteroatoms. The number of para-hydroxylation sites is 1. The van der Waals surface area contributed by atoms with Gasteiger partial charge in [-0.2, -0.15) is 0 Å². The van der Waals surface area contributed by atoms with E-state index in [0.717, 1.165) is 24.2 Å². The predicted molar refractivity (Wildman–Crippen MR) is 139 cm³/mol. The molecule has 0 fully saturated rings. The van der Waals surface area contributed by atoms with E-state index in [4.69, 9.17) is 14.2 Å². The van der Waals surface area contributed by atoms with Gasteiger partial charge >= 0.3 is 11.9 Å². The first-order valence-electron chi connectivity index (χ1n) is 13.3. The third-order valence-corrected chi connectivity index (χ3v) is 5.80. The van der Waals surface area contributed by atoms with E-state index in [9.17, 15) is 9.59 Å². The molecule has 0 unspecified atom stereocenters. The minimum absolute atomic E-state index is 0.173. The monoisotopic (exact) mass is 482 g/mol. The van der Waals surface area contributed by atoms with Gasteiger partial charge in [-0.25, -0.2) is 0 Å². The number of hydrogen-bond acceptors (Lipinski definition) is 5. The minimum Gasteiger partial charge on any atom is -0.466 e. The Kier molecular flexibility index (Phi) is 15.0. The molecule has 0 saturated heterocycles. The van der Waals surface area contributed by atoms with Crippen molar-refractivity contribution >= 4 is 11.9 Å². The van der Waals surface area contributed by atoms with Gasteiger partial charge in [0, 0.05) is 12.8 Å². The molecule has 0 aliphatic heterocycles. The summed E-state index contributed by atoms with van der Waals surface area (Å²) in [5.41, 5.74) is 0.867. The van der Waals surface area contributed by atoms with Crippen LogP contribution in [0.4, 0.5) is 0 Å². The molecule has 0 heterocycles. The van der Waals surface area contributed by atoms with Crippen molar-refractivity contribution < 1.29 is 23.8 Å². The van der Waals surface area contributed by atoms with E-state index in [1.54, 1.807) is 0 Å². The summed E-state index contributed by atoms with van der Waals surface area (Å²) in [7, 11) is 0. The van der Waals surface area contributed by atoms with Crippen molar-refractivity contribution in [2.24, 2.45) is 0 Å². The van der Waals surface area contributed by atoms with Crippen molar-refractivity contribution in [3.05, 3.63) is 60.2 Å². The Labute approximate surface area is 211 Å². The maximum Gasteiger partial charge on any atom is 0.306 e. The highest BCUT2D eigenvalue weighted by molar-refractivity contribution is 5.70. The fourth-order valence-corrected chi connectivity index (χ4v) is 3.77. The van der Waals surface area contributed by atoms with Crippen LogP contribution in [0.2, 0.25) is 0 Å². The fraction of sp³-hybridized carbons (Fsp3) is 0.533. The van der Waals surface area contributed by atoms with Crippen LogP contribution < -0.4 is 4.74 Å². The second kappa shape index (κ2) is 18.5. The van der Waals surface area contributed by atoms with E-state index >= 15 is 0 Å². The molecule has 0 radical (unpaired) electrons. The Morgan fingerprint density at radius 1 is 0.629 bits per heavy atom. The third kappa shape index (κ3) is 14.2. The highest BCUT2D eigenvalue weighted by Crippen LogP contribution is 2.22. The van der Waals surface area contributed by atoms with Crippen LogP contribution in [0.25, 0.3) is 0 Å². The Balaban J connectivity index is 1.46. The lowest BCUT2D eigenvalue weighted by atomic mass is 10.1. The van der Waals surface area contributed by atoms with Crippen molar-refractivity contribution in [3.63, 3.8) is 0 Å². The van der Waals surface area contributed by atoms with Gasteiger partial charge in [0.1, 0.15) is 18.1 Å². The highest BCUT2D eigenvalue weighted by atomic mass is 16.5. The van der Waals surface area contributed by atoms with E-state index in [1.165, 1.54) is 44.9 Å². The summed E-state index contributed by atoms with van der Waals surface area (Å²) in [6.45, 7) is 2.94. The molecule has 0 aromatic heterocycles. The van der Waals surface area contributed by atoms with Gasteiger partial charge < -0.3 is 14.2 Å². The number of carbonyl (C=O) groups excluding carboxylic acids is 2. The van der Waals surface area contributed by atoms with Crippen LogP contribution in [0, 0.1) is 0 Å². The lowest BCUT2D eigenvalue weighted by Crippen LogP contribution is -2.07. The molecule has 2 rings (SSSR count). The average Bonchev–Trinajstić information content (AvgIpc) is 2.87. The quantitative estimate of drug-likeness (QED) is 0.149. The van der Waals surface area contributed by atoms with Gasteiger partial charge in [-0.1, -0.05) is 88.6 Å². The summed E-state index contributed by atoms with van der Waals surface area (Å²) in [6, 6.07) is 17.1. The number of ether oxygens (including phenoxy) is 3. The molecule has 0 atom stereocenters. The van der Waals surface area contributed by atoms with Crippen molar-refractivity contribution in [1.82, 2.24) is 0 Å². The van der Waals surface area contributed by atoms with Gasteiger partial charge in [-0.05, 0) is 49.1 Å². The summed E-state index contributed by atoms with van der Waals surface area (Å²) in [5.74, 6) is 1.02. The predicted octanol–water partition coefficient (Wildman–Crippen LogP) is 8.16. The Morgan fingerprint density at radius 3 is 1.91 bits per heavy atom. The van der Waals surface area contributed by atoms with Gasteiger partial charge in [-0.3, -0.25) is 9.59 Å². The number of rotatable bonds is 19. The van der Waals surface area contributed by atoms with Crippen LogP contribution in [-0.4, -0.2) is 18.5 Å². The van der Waals surface area contributed by atoms with Gasteiger partial charge in [-0.15, -0.1) is 0 Å². The van der Waals surface area contributed by atoms with E-state index in [1.807, 2.05) is 54.6 Å². The molecule has 35 heavy (non-hydrogen) atoms. The number of hydrogen-bond donors (Lipinski definition) is 0. The molecular formula is C30H42O5. The van der Waals surface area contributed by atoms with Crippen LogP contribution in [0.5, 0.6) is 11.5 Å². The lowest BCUT2D eigenvalue weighted by Gasteiger charge is -2.09. The van der Waals surface area contributed by atoms with Crippen LogP contribution in [0.3, 0.4) is 0 Å². The van der Waals surface area contributed by atoms with Crippen molar-refractivity contribution in [3.8, 4) is 11.5 Å². The van der Waals surface area contributed by atoms with Gasteiger partial charge in [0.25, 0.3) is 0 Å². The summed E-state index contributed by atoms with van der Waals surface area (Å²) in [4.78, 5) is 23.9. The first kappa shape index (κ1) is 28.4. The van der Waals surface area contributed by atoms with Crippen molar-refractivity contribution in [1.29, 1.82) is 0 Å². The number of esters is 2. The van der Waals surface area contributed by atoms with Crippen LogP contribution >= 0.6 is 0 Å². The Hall–Kier alpha value is -2.82. The molecular weight excluding hydrogens is 440 g/mol. The minimum atomic E-state index is -0.262. The summed E-state index contributed by atoms with van der Waals surface area (Å²) in [5, 5.41) is 0. The summed E-state index contributed by atoms with van der Waals surface area (Å²) < 4.78 is 16.5. The molecule has 0 aliphatic rings. The fourth-order valence-electron chi connectivity index (χ4n) is 3.77. The maximum absolute atomic E-state index is 12.0. The number of unbranched alkanes of at least 4 members (excludes halogenated alkanes) is 9. The van der Waals surface area contributed by atoms with Crippen molar-refractivity contribution in [2.75, 3.05) is 6.61 Å². The molecule has 0 bridgehead atoms. The summed E-state index contributed by atoms with van der Waals surface area (Å²) >= 11 is 0. The second-order valence-corrected chi connectivity index (χ2v) is 8.98. The van der Waals surface area contributed by atoms with E-state index in [0.29, 0.717) is 38.0 Å². The number of benzene rings is 2. The van der Waals surface area contributed by atoms with E-state index in [2.05, 4.69) is 6.92 Å². The molecule has 0 amide bonds. The Bertz CT molecular complexity index is 834. The molecule has 5 nitrogen and oxygen atoms in total. The molecule has 0 saturated carbocycles. The van der Waals surface area contributed by atoms with Crippen LogP contribution in [0.1, 0.15) is 96.0 Å². The van der Waals surface area contributed by atoms with Gasteiger partial charge in [0.2, 0.25) is 0 Å². The van der Waals surface area contributed by atoms with E-state index < -0.39 is 0 Å². The van der Waals surface area contributed by atoms with Crippen molar-refractivity contribution in [2.45, 2.75) is 97.0 Å². The topological polar surface area (TPSA) is 61.8 Å². The van der Waals surface area contributed by atoms with Crippen LogP contribution in [0.15, 0.2) is 54.6 Å². The second-order valence-electron chi connectivity index (χ2n) is 8.98.